The van der Waals surface area contributed by atoms with Gasteiger partial charge in [0, 0.05) is 6.20 Å². The van der Waals surface area contributed by atoms with Crippen molar-refractivity contribution in [3.05, 3.63) is 46.6 Å². The average molecular weight is 265 g/mol. The second-order valence-electron chi connectivity index (χ2n) is 3.45. The lowest BCUT2D eigenvalue weighted by Crippen LogP contribution is -2.00. The molecule has 3 aromatic rings. The molecule has 0 unspecified atom stereocenters. The van der Waals surface area contributed by atoms with Gasteiger partial charge in [-0.05, 0) is 18.2 Å². The molecule has 2 heterocycles. The number of nitrogens with zero attached hydrogens (tertiary/aromatic N) is 4. The molecule has 2 aromatic heterocycles. The minimum atomic E-state index is 0.438. The number of halogens is 2. The predicted molar refractivity (Wildman–Crippen MR) is 66.7 cm³/mol. The van der Waals surface area contributed by atoms with Crippen LogP contribution in [0.4, 0.5) is 0 Å². The van der Waals surface area contributed by atoms with Crippen LogP contribution in [0.2, 0.25) is 10.0 Å². The molecule has 0 atom stereocenters. The molecule has 0 radical (unpaired) electrons. The summed E-state index contributed by atoms with van der Waals surface area (Å²) >= 11 is 11.9. The number of para-hydroxylation sites is 1. The number of hydrogen-bond donors (Lipinski definition) is 0. The molecule has 0 bridgehead atoms. The summed E-state index contributed by atoms with van der Waals surface area (Å²) in [6.45, 7) is 0. The SMILES string of the molecule is Clc1cnc(-n2nnc3ccccc32)c(Cl)c1. The zero-order chi connectivity index (χ0) is 11.8. The normalized spacial score (nSPS) is 10.9. The maximum absolute atomic E-state index is 6.09. The van der Waals surface area contributed by atoms with Crippen molar-refractivity contribution in [3.8, 4) is 5.82 Å². The molecular weight excluding hydrogens is 259 g/mol. The molecule has 3 rings (SSSR count). The Morgan fingerprint density at radius 3 is 2.76 bits per heavy atom. The van der Waals surface area contributed by atoms with Gasteiger partial charge >= 0.3 is 0 Å². The van der Waals surface area contributed by atoms with Crippen molar-refractivity contribution < 1.29 is 0 Å². The Morgan fingerprint density at radius 2 is 1.94 bits per heavy atom. The second-order valence-corrected chi connectivity index (χ2v) is 4.29. The van der Waals surface area contributed by atoms with E-state index >= 15 is 0 Å². The minimum absolute atomic E-state index is 0.438. The fourth-order valence-corrected chi connectivity index (χ4v) is 2.05. The van der Waals surface area contributed by atoms with Gasteiger partial charge in [0.2, 0.25) is 0 Å². The van der Waals surface area contributed by atoms with Crippen LogP contribution >= 0.6 is 23.2 Å². The molecule has 4 nitrogen and oxygen atoms in total. The van der Waals surface area contributed by atoms with E-state index in [4.69, 9.17) is 23.2 Å². The van der Waals surface area contributed by atoms with Crippen LogP contribution in [0.1, 0.15) is 0 Å². The van der Waals surface area contributed by atoms with Crippen molar-refractivity contribution >= 4 is 34.2 Å². The van der Waals surface area contributed by atoms with Crippen LogP contribution in [0.5, 0.6) is 0 Å². The van der Waals surface area contributed by atoms with E-state index in [0.29, 0.717) is 15.9 Å². The molecule has 0 aliphatic carbocycles. The molecular formula is C11H6Cl2N4. The summed E-state index contributed by atoms with van der Waals surface area (Å²) in [5.41, 5.74) is 1.64. The van der Waals surface area contributed by atoms with Gasteiger partial charge in [0.25, 0.3) is 0 Å². The van der Waals surface area contributed by atoms with Crippen LogP contribution in [0, 0.1) is 0 Å². The molecule has 0 aliphatic rings. The van der Waals surface area contributed by atoms with Crippen molar-refractivity contribution in [2.45, 2.75) is 0 Å². The van der Waals surface area contributed by atoms with Gasteiger partial charge < -0.3 is 0 Å². The first kappa shape index (κ1) is 10.5. The molecule has 0 amide bonds. The highest BCUT2D eigenvalue weighted by molar-refractivity contribution is 6.35. The molecule has 0 saturated heterocycles. The Kier molecular flexibility index (Phi) is 2.46. The number of pyridine rings is 1. The zero-order valence-corrected chi connectivity index (χ0v) is 10.0. The third kappa shape index (κ3) is 1.75. The fourth-order valence-electron chi connectivity index (χ4n) is 1.59. The van der Waals surface area contributed by atoms with Gasteiger partial charge in [-0.2, -0.15) is 4.68 Å². The van der Waals surface area contributed by atoms with Crippen LogP contribution in [0.3, 0.4) is 0 Å². The van der Waals surface area contributed by atoms with E-state index in [-0.39, 0.29) is 0 Å². The number of aromatic nitrogens is 4. The Hall–Kier alpha value is -1.65. The van der Waals surface area contributed by atoms with Crippen molar-refractivity contribution in [3.63, 3.8) is 0 Å². The quantitative estimate of drug-likeness (QED) is 0.679. The highest BCUT2D eigenvalue weighted by atomic mass is 35.5. The molecule has 17 heavy (non-hydrogen) atoms. The first-order chi connectivity index (χ1) is 8.25. The van der Waals surface area contributed by atoms with Crippen LogP contribution < -0.4 is 0 Å². The second kappa shape index (κ2) is 3.98. The number of rotatable bonds is 1. The summed E-state index contributed by atoms with van der Waals surface area (Å²) in [5.74, 6) is 0.518. The van der Waals surface area contributed by atoms with Crippen molar-refractivity contribution in [1.29, 1.82) is 0 Å². The van der Waals surface area contributed by atoms with Crippen LogP contribution in [-0.2, 0) is 0 Å². The predicted octanol–water partition coefficient (Wildman–Crippen LogP) is 3.12. The summed E-state index contributed by atoms with van der Waals surface area (Å²) in [5, 5.41) is 9.00. The zero-order valence-electron chi connectivity index (χ0n) is 8.51. The number of benzene rings is 1. The molecule has 0 aliphatic heterocycles. The lowest BCUT2D eigenvalue weighted by atomic mass is 10.3. The van der Waals surface area contributed by atoms with E-state index in [1.807, 2.05) is 24.3 Å². The van der Waals surface area contributed by atoms with Gasteiger partial charge in [-0.25, -0.2) is 4.98 Å². The van der Waals surface area contributed by atoms with Crippen molar-refractivity contribution in [2.24, 2.45) is 0 Å². The summed E-state index contributed by atoms with van der Waals surface area (Å²) < 4.78 is 1.59. The van der Waals surface area contributed by atoms with Crippen LogP contribution in [0.15, 0.2) is 36.5 Å². The van der Waals surface area contributed by atoms with Crippen LogP contribution in [0.25, 0.3) is 16.9 Å². The molecule has 0 spiro atoms. The smallest absolute Gasteiger partial charge is 0.174 e. The average Bonchev–Trinajstić information content (AvgIpc) is 2.73. The third-order valence-electron chi connectivity index (χ3n) is 2.34. The van der Waals surface area contributed by atoms with E-state index in [1.54, 1.807) is 10.7 Å². The molecule has 0 fully saturated rings. The summed E-state index contributed by atoms with van der Waals surface area (Å²) in [7, 11) is 0. The summed E-state index contributed by atoms with van der Waals surface area (Å²) in [4.78, 5) is 4.17. The van der Waals surface area contributed by atoms with E-state index < -0.39 is 0 Å². The molecule has 0 N–H and O–H groups in total. The monoisotopic (exact) mass is 264 g/mol. The Morgan fingerprint density at radius 1 is 1.12 bits per heavy atom. The number of fused-ring (bicyclic) bond motifs is 1. The van der Waals surface area contributed by atoms with E-state index in [0.717, 1.165) is 11.0 Å². The summed E-state index contributed by atoms with van der Waals surface area (Å²) in [6, 6.07) is 9.22. The standard InChI is InChI=1S/C11H6Cl2N4/c12-7-5-8(13)11(14-6-7)17-10-4-2-1-3-9(10)15-16-17/h1-6H. The van der Waals surface area contributed by atoms with Crippen molar-refractivity contribution in [2.75, 3.05) is 0 Å². The molecule has 84 valence electrons. The largest absolute Gasteiger partial charge is 0.234 e. The lowest BCUT2D eigenvalue weighted by molar-refractivity contribution is 0.802. The highest BCUT2D eigenvalue weighted by Gasteiger charge is 2.10. The Bertz CT molecular complexity index is 693. The molecule has 1 aromatic carbocycles. The van der Waals surface area contributed by atoms with Gasteiger partial charge in [0.1, 0.15) is 5.52 Å². The van der Waals surface area contributed by atoms with Gasteiger partial charge in [-0.15, -0.1) is 5.10 Å². The van der Waals surface area contributed by atoms with Crippen molar-refractivity contribution in [1.82, 2.24) is 20.0 Å². The lowest BCUT2D eigenvalue weighted by Gasteiger charge is -2.03. The Balaban J connectivity index is 2.27. The first-order valence-corrected chi connectivity index (χ1v) is 5.63. The van der Waals surface area contributed by atoms with E-state index in [9.17, 15) is 0 Å². The van der Waals surface area contributed by atoms with Gasteiger partial charge in [0.05, 0.1) is 15.6 Å². The number of hydrogen-bond acceptors (Lipinski definition) is 3. The van der Waals surface area contributed by atoms with E-state index in [2.05, 4.69) is 15.3 Å². The molecule has 6 heteroatoms. The topological polar surface area (TPSA) is 43.6 Å². The highest BCUT2D eigenvalue weighted by Crippen LogP contribution is 2.23. The summed E-state index contributed by atoms with van der Waals surface area (Å²) in [6.07, 6.45) is 1.53. The maximum atomic E-state index is 6.09. The maximum Gasteiger partial charge on any atom is 0.174 e. The van der Waals surface area contributed by atoms with Gasteiger partial charge in [-0.3, -0.25) is 0 Å². The fraction of sp³-hybridized carbons (Fsp3) is 0. The minimum Gasteiger partial charge on any atom is -0.234 e. The van der Waals surface area contributed by atoms with Crippen LogP contribution in [-0.4, -0.2) is 20.0 Å². The third-order valence-corrected chi connectivity index (χ3v) is 2.83. The Labute approximate surface area is 107 Å². The van der Waals surface area contributed by atoms with Gasteiger partial charge in [-0.1, -0.05) is 40.5 Å². The van der Waals surface area contributed by atoms with Gasteiger partial charge in [0.15, 0.2) is 5.82 Å². The van der Waals surface area contributed by atoms with E-state index in [1.165, 1.54) is 6.20 Å². The molecule has 0 saturated carbocycles. The first-order valence-electron chi connectivity index (χ1n) is 4.87.